The molecule has 1 saturated carbocycles. The molecule has 22 heavy (non-hydrogen) atoms. The second-order valence-corrected chi connectivity index (χ2v) is 6.59. The van der Waals surface area contributed by atoms with Crippen LogP contribution < -0.4 is 5.32 Å². The van der Waals surface area contributed by atoms with E-state index in [1.54, 1.807) is 6.07 Å². The number of likely N-dealkylation sites (tertiary alicyclic amines) is 1. The van der Waals surface area contributed by atoms with Gasteiger partial charge in [0.15, 0.2) is 0 Å². The highest BCUT2D eigenvalue weighted by Crippen LogP contribution is 2.42. The van der Waals surface area contributed by atoms with Crippen LogP contribution in [0.25, 0.3) is 0 Å². The van der Waals surface area contributed by atoms with Gasteiger partial charge in [-0.15, -0.1) is 0 Å². The summed E-state index contributed by atoms with van der Waals surface area (Å²) in [5.74, 6) is 0.496. The summed E-state index contributed by atoms with van der Waals surface area (Å²) in [5, 5.41) is 2.86. The molecular weight excluding hydrogens is 279 g/mol. The Labute approximate surface area is 131 Å². The van der Waals surface area contributed by atoms with E-state index >= 15 is 0 Å². The first-order chi connectivity index (χ1) is 10.7. The molecule has 0 unspecified atom stereocenters. The summed E-state index contributed by atoms with van der Waals surface area (Å²) in [6.07, 6.45) is 4.14. The van der Waals surface area contributed by atoms with E-state index in [1.165, 1.54) is 12.8 Å². The summed E-state index contributed by atoms with van der Waals surface area (Å²) >= 11 is 0. The molecule has 1 amide bonds. The topological polar surface area (TPSA) is 32.3 Å². The molecule has 1 aromatic rings. The van der Waals surface area contributed by atoms with Crippen LogP contribution >= 0.6 is 0 Å². The van der Waals surface area contributed by atoms with Crippen molar-refractivity contribution in [2.45, 2.75) is 45.1 Å². The molecule has 1 aromatic carbocycles. The quantitative estimate of drug-likeness (QED) is 0.907. The zero-order valence-corrected chi connectivity index (χ0v) is 13.3. The monoisotopic (exact) mass is 304 g/mol. The van der Waals surface area contributed by atoms with Gasteiger partial charge in [0.25, 0.3) is 0 Å². The van der Waals surface area contributed by atoms with Crippen LogP contribution in [0.2, 0.25) is 0 Å². The molecule has 1 N–H and O–H groups in total. The molecule has 2 fully saturated rings. The summed E-state index contributed by atoms with van der Waals surface area (Å²) in [7, 11) is 0. The van der Waals surface area contributed by atoms with Crippen molar-refractivity contribution in [2.24, 2.45) is 5.92 Å². The molecule has 0 atom stereocenters. The van der Waals surface area contributed by atoms with E-state index in [0.29, 0.717) is 12.5 Å². The number of halogens is 1. The molecule has 0 bridgehead atoms. The van der Waals surface area contributed by atoms with E-state index in [1.807, 2.05) is 19.1 Å². The van der Waals surface area contributed by atoms with Gasteiger partial charge in [0.2, 0.25) is 5.91 Å². The average molecular weight is 304 g/mol. The van der Waals surface area contributed by atoms with Crippen LogP contribution in [0.4, 0.5) is 4.39 Å². The average Bonchev–Trinajstić information content (AvgIpc) is 2.93. The molecule has 120 valence electrons. The predicted octanol–water partition coefficient (Wildman–Crippen LogP) is 3.05. The van der Waals surface area contributed by atoms with Crippen LogP contribution in [0, 0.1) is 11.7 Å². The zero-order valence-electron chi connectivity index (χ0n) is 13.3. The molecular formula is C18H25FN2O. The Morgan fingerprint density at radius 2 is 2.05 bits per heavy atom. The highest BCUT2D eigenvalue weighted by molar-refractivity contribution is 5.79. The summed E-state index contributed by atoms with van der Waals surface area (Å²) in [6.45, 7) is 5.50. The van der Waals surface area contributed by atoms with Crippen molar-refractivity contribution < 1.29 is 9.18 Å². The van der Waals surface area contributed by atoms with Gasteiger partial charge in [0, 0.05) is 24.6 Å². The fraction of sp³-hybridized carbons (Fsp3) is 0.611. The zero-order chi connectivity index (χ0) is 15.5. The number of rotatable bonds is 5. The number of nitrogens with one attached hydrogen (secondary N) is 1. The third kappa shape index (κ3) is 3.32. The molecule has 4 heteroatoms. The predicted molar refractivity (Wildman–Crippen MR) is 85.1 cm³/mol. The van der Waals surface area contributed by atoms with Gasteiger partial charge < -0.3 is 5.32 Å². The summed E-state index contributed by atoms with van der Waals surface area (Å²) < 4.78 is 14.3. The van der Waals surface area contributed by atoms with Crippen molar-refractivity contribution in [3.8, 4) is 0 Å². The van der Waals surface area contributed by atoms with Crippen LogP contribution in [-0.4, -0.2) is 30.4 Å². The van der Waals surface area contributed by atoms with Crippen LogP contribution in [0.1, 0.15) is 49.7 Å². The Hall–Kier alpha value is -1.42. The smallest absolute Gasteiger partial charge is 0.223 e. The van der Waals surface area contributed by atoms with Gasteiger partial charge in [0.05, 0.1) is 0 Å². The molecule has 0 spiro atoms. The van der Waals surface area contributed by atoms with Gasteiger partial charge >= 0.3 is 0 Å². The Bertz CT molecular complexity index is 534. The molecule has 1 heterocycles. The number of hydrogen-bond donors (Lipinski definition) is 1. The SMILES string of the molecule is CCNC(=O)[C@H]1C[C@H](c2ccc(CN3CCCC3)c(F)c2)C1. The second kappa shape index (κ2) is 6.78. The first kappa shape index (κ1) is 15.5. The van der Waals surface area contributed by atoms with Crippen LogP contribution in [0.15, 0.2) is 18.2 Å². The second-order valence-electron chi connectivity index (χ2n) is 6.59. The molecule has 0 radical (unpaired) electrons. The molecule has 3 rings (SSSR count). The first-order valence-corrected chi connectivity index (χ1v) is 8.45. The van der Waals surface area contributed by atoms with Crippen LogP contribution in [0.3, 0.4) is 0 Å². The molecule has 0 aromatic heterocycles. The Balaban J connectivity index is 1.57. The Kier molecular flexibility index (Phi) is 4.77. The third-order valence-electron chi connectivity index (χ3n) is 5.00. The van der Waals surface area contributed by atoms with E-state index in [-0.39, 0.29) is 17.6 Å². The lowest BCUT2D eigenvalue weighted by molar-refractivity contribution is -0.127. The standard InChI is InChI=1S/C18H25FN2O/c1-2-20-18(22)16-9-15(10-16)13-5-6-14(17(19)11-13)12-21-7-3-4-8-21/h5-6,11,15-16H,2-4,7-10,12H2,1H3,(H,20,22)/t15-,16-. The normalized spacial score (nSPS) is 25.0. The minimum atomic E-state index is -0.0918. The largest absolute Gasteiger partial charge is 0.356 e. The van der Waals surface area contributed by atoms with Gasteiger partial charge in [-0.1, -0.05) is 12.1 Å². The lowest BCUT2D eigenvalue weighted by atomic mass is 9.71. The Morgan fingerprint density at radius 3 is 2.68 bits per heavy atom. The van der Waals surface area contributed by atoms with Gasteiger partial charge in [-0.25, -0.2) is 4.39 Å². The van der Waals surface area contributed by atoms with Gasteiger partial charge in [-0.3, -0.25) is 9.69 Å². The number of nitrogens with zero attached hydrogens (tertiary/aromatic N) is 1. The minimum Gasteiger partial charge on any atom is -0.356 e. The number of carbonyl (C=O) groups excluding carboxylic acids is 1. The molecule has 1 aliphatic carbocycles. The molecule has 2 aliphatic rings. The summed E-state index contributed by atoms with van der Waals surface area (Å²) in [6, 6.07) is 5.67. The minimum absolute atomic E-state index is 0.0918. The summed E-state index contributed by atoms with van der Waals surface area (Å²) in [5.41, 5.74) is 1.84. The van der Waals surface area contributed by atoms with Crippen molar-refractivity contribution in [1.29, 1.82) is 0 Å². The highest BCUT2D eigenvalue weighted by Gasteiger charge is 2.35. The Morgan fingerprint density at radius 1 is 1.32 bits per heavy atom. The number of carbonyl (C=O) groups is 1. The summed E-state index contributed by atoms with van der Waals surface area (Å²) in [4.78, 5) is 14.0. The van der Waals surface area contributed by atoms with Crippen molar-refractivity contribution in [1.82, 2.24) is 10.2 Å². The van der Waals surface area contributed by atoms with Crippen molar-refractivity contribution in [3.63, 3.8) is 0 Å². The number of benzene rings is 1. The van der Waals surface area contributed by atoms with Crippen molar-refractivity contribution >= 4 is 5.91 Å². The van der Waals surface area contributed by atoms with E-state index < -0.39 is 0 Å². The van der Waals surface area contributed by atoms with Crippen LogP contribution in [-0.2, 0) is 11.3 Å². The fourth-order valence-electron chi connectivity index (χ4n) is 3.55. The van der Waals surface area contributed by atoms with E-state index in [0.717, 1.165) is 43.6 Å². The third-order valence-corrected chi connectivity index (χ3v) is 5.00. The maximum absolute atomic E-state index is 14.3. The molecule has 3 nitrogen and oxygen atoms in total. The van der Waals surface area contributed by atoms with Gasteiger partial charge in [-0.2, -0.15) is 0 Å². The van der Waals surface area contributed by atoms with E-state index in [2.05, 4.69) is 10.2 Å². The van der Waals surface area contributed by atoms with Crippen LogP contribution in [0.5, 0.6) is 0 Å². The van der Waals surface area contributed by atoms with Gasteiger partial charge in [-0.05, 0) is 63.2 Å². The molecule has 1 saturated heterocycles. The maximum atomic E-state index is 14.3. The van der Waals surface area contributed by atoms with Crippen molar-refractivity contribution in [3.05, 3.63) is 35.1 Å². The van der Waals surface area contributed by atoms with E-state index in [9.17, 15) is 9.18 Å². The lowest BCUT2D eigenvalue weighted by Gasteiger charge is -2.34. The van der Waals surface area contributed by atoms with Crippen molar-refractivity contribution in [2.75, 3.05) is 19.6 Å². The highest BCUT2D eigenvalue weighted by atomic mass is 19.1. The van der Waals surface area contributed by atoms with Gasteiger partial charge in [0.1, 0.15) is 5.82 Å². The molecule has 1 aliphatic heterocycles. The number of amides is 1. The first-order valence-electron chi connectivity index (χ1n) is 8.45. The fourth-order valence-corrected chi connectivity index (χ4v) is 3.55. The maximum Gasteiger partial charge on any atom is 0.223 e. The number of hydrogen-bond acceptors (Lipinski definition) is 2. The lowest BCUT2D eigenvalue weighted by Crippen LogP contribution is -2.37. The van der Waals surface area contributed by atoms with E-state index in [4.69, 9.17) is 0 Å².